The van der Waals surface area contributed by atoms with Gasteiger partial charge in [0.1, 0.15) is 5.58 Å². The Morgan fingerprint density at radius 2 is 1.65 bits per heavy atom. The molecule has 0 radical (unpaired) electrons. The first kappa shape index (κ1) is 12.1. The van der Waals surface area contributed by atoms with E-state index in [0.717, 1.165) is 5.56 Å². The Morgan fingerprint density at radius 3 is 2.40 bits per heavy atom. The summed E-state index contributed by atoms with van der Waals surface area (Å²) in [6.45, 7) is 0. The van der Waals surface area contributed by atoms with Crippen LogP contribution in [0, 0.1) is 0 Å². The fourth-order valence-corrected chi connectivity index (χ4v) is 2.11. The Balaban J connectivity index is 2.42. The van der Waals surface area contributed by atoms with Gasteiger partial charge in [-0.15, -0.1) is 0 Å². The van der Waals surface area contributed by atoms with Gasteiger partial charge in [-0.1, -0.05) is 52.8 Å². The standard InChI is InChI=1S/C15H11N3O2/c16-18-17-15-13(10-6-2-1-3-7-10)14(19)11-8-4-5-9-12(11)20-15/h1-9H,(H2,16,17). The lowest BCUT2D eigenvalue weighted by atomic mass is 10.0. The molecule has 2 N–H and O–H groups in total. The van der Waals surface area contributed by atoms with Crippen molar-refractivity contribution in [3.63, 3.8) is 0 Å². The van der Waals surface area contributed by atoms with Crippen LogP contribution in [0.2, 0.25) is 0 Å². The fourth-order valence-electron chi connectivity index (χ4n) is 2.11. The van der Waals surface area contributed by atoms with Gasteiger partial charge in [0.05, 0.1) is 10.9 Å². The summed E-state index contributed by atoms with van der Waals surface area (Å²) in [5.41, 5.74) is 1.38. The summed E-state index contributed by atoms with van der Waals surface area (Å²) in [5.74, 6) is 5.21. The molecule has 3 rings (SSSR count). The normalized spacial score (nSPS) is 11.2. The zero-order valence-electron chi connectivity index (χ0n) is 10.5. The molecule has 3 aromatic rings. The number of rotatable bonds is 2. The van der Waals surface area contributed by atoms with Crippen molar-refractivity contribution in [3.05, 3.63) is 64.8 Å². The van der Waals surface area contributed by atoms with Crippen molar-refractivity contribution in [3.8, 4) is 11.1 Å². The lowest BCUT2D eigenvalue weighted by molar-refractivity contribution is 0.606. The number of benzene rings is 2. The molecule has 0 aliphatic rings. The molecule has 1 aromatic heterocycles. The van der Waals surface area contributed by atoms with Gasteiger partial charge in [0.25, 0.3) is 5.88 Å². The quantitative estimate of drug-likeness (QED) is 0.438. The van der Waals surface area contributed by atoms with E-state index >= 15 is 0 Å². The molecule has 0 fully saturated rings. The van der Waals surface area contributed by atoms with Crippen LogP contribution >= 0.6 is 0 Å². The van der Waals surface area contributed by atoms with Crippen molar-refractivity contribution in [1.82, 2.24) is 0 Å². The number of hydrogen-bond donors (Lipinski definition) is 1. The topological polar surface area (TPSA) is 80.9 Å². The maximum Gasteiger partial charge on any atom is 0.252 e. The summed E-state index contributed by atoms with van der Waals surface area (Å²) >= 11 is 0. The van der Waals surface area contributed by atoms with Gasteiger partial charge < -0.3 is 10.3 Å². The van der Waals surface area contributed by atoms with Crippen LogP contribution in [0.4, 0.5) is 5.88 Å². The average molecular weight is 265 g/mol. The predicted octanol–water partition coefficient (Wildman–Crippen LogP) is 3.42. The molecule has 98 valence electrons. The van der Waals surface area contributed by atoms with Crippen LogP contribution < -0.4 is 11.3 Å². The predicted molar refractivity (Wildman–Crippen MR) is 76.6 cm³/mol. The molecule has 0 unspecified atom stereocenters. The van der Waals surface area contributed by atoms with E-state index in [1.807, 2.05) is 30.3 Å². The third kappa shape index (κ3) is 1.95. The van der Waals surface area contributed by atoms with Crippen LogP contribution in [0.5, 0.6) is 0 Å². The summed E-state index contributed by atoms with van der Waals surface area (Å²) in [6, 6.07) is 16.2. The number of fused-ring (bicyclic) bond motifs is 1. The van der Waals surface area contributed by atoms with Crippen LogP contribution in [-0.2, 0) is 0 Å². The largest absolute Gasteiger partial charge is 0.436 e. The molecule has 2 aromatic carbocycles. The summed E-state index contributed by atoms with van der Waals surface area (Å²) in [7, 11) is 0. The summed E-state index contributed by atoms with van der Waals surface area (Å²) in [4.78, 5) is 12.6. The Labute approximate surface area is 114 Å². The molecule has 0 aliphatic heterocycles. The highest BCUT2D eigenvalue weighted by molar-refractivity contribution is 5.85. The first-order valence-electron chi connectivity index (χ1n) is 6.03. The van der Waals surface area contributed by atoms with Gasteiger partial charge in [0, 0.05) is 0 Å². The zero-order valence-corrected chi connectivity index (χ0v) is 10.5. The van der Waals surface area contributed by atoms with Gasteiger partial charge in [0.2, 0.25) is 5.43 Å². The van der Waals surface area contributed by atoms with E-state index in [-0.39, 0.29) is 11.3 Å². The second-order valence-corrected chi connectivity index (χ2v) is 4.19. The molecule has 0 atom stereocenters. The van der Waals surface area contributed by atoms with Gasteiger partial charge in [-0.2, -0.15) is 0 Å². The lowest BCUT2D eigenvalue weighted by Gasteiger charge is -2.05. The third-order valence-electron chi connectivity index (χ3n) is 2.99. The van der Waals surface area contributed by atoms with Crippen molar-refractivity contribution < 1.29 is 4.42 Å². The second-order valence-electron chi connectivity index (χ2n) is 4.19. The van der Waals surface area contributed by atoms with Crippen LogP contribution in [-0.4, -0.2) is 0 Å². The summed E-state index contributed by atoms with van der Waals surface area (Å²) < 4.78 is 5.63. The SMILES string of the molecule is NN=Nc1oc2ccccc2c(=O)c1-c1ccccc1. The van der Waals surface area contributed by atoms with Gasteiger partial charge in [-0.25, -0.2) is 0 Å². The molecule has 1 heterocycles. The molecular formula is C15H11N3O2. The van der Waals surface area contributed by atoms with Gasteiger partial charge >= 0.3 is 0 Å². The second kappa shape index (κ2) is 4.97. The number of nitrogens with two attached hydrogens (primary N) is 1. The Bertz CT molecular complexity index is 839. The molecule has 5 heteroatoms. The van der Waals surface area contributed by atoms with Crippen LogP contribution in [0.25, 0.3) is 22.1 Å². The Morgan fingerprint density at radius 1 is 0.950 bits per heavy atom. The van der Waals surface area contributed by atoms with Crippen molar-refractivity contribution in [2.75, 3.05) is 0 Å². The van der Waals surface area contributed by atoms with Crippen LogP contribution in [0.3, 0.4) is 0 Å². The summed E-state index contributed by atoms with van der Waals surface area (Å²) in [5, 5.41) is 7.46. The number of para-hydroxylation sites is 1. The van der Waals surface area contributed by atoms with Crippen LogP contribution in [0.15, 0.2) is 74.1 Å². The molecule has 0 saturated heterocycles. The van der Waals surface area contributed by atoms with Gasteiger partial charge in [-0.05, 0) is 17.7 Å². The highest BCUT2D eigenvalue weighted by Crippen LogP contribution is 2.30. The Hall–Kier alpha value is -2.95. The smallest absolute Gasteiger partial charge is 0.252 e. The molecular weight excluding hydrogens is 254 g/mol. The maximum absolute atomic E-state index is 12.6. The average Bonchev–Trinajstić information content (AvgIpc) is 2.49. The van der Waals surface area contributed by atoms with Crippen LogP contribution in [0.1, 0.15) is 0 Å². The van der Waals surface area contributed by atoms with Crippen molar-refractivity contribution in [2.45, 2.75) is 0 Å². The minimum atomic E-state index is -0.152. The van der Waals surface area contributed by atoms with Crippen molar-refractivity contribution in [2.24, 2.45) is 16.2 Å². The highest BCUT2D eigenvalue weighted by atomic mass is 16.3. The molecule has 0 amide bonds. The zero-order chi connectivity index (χ0) is 13.9. The number of nitrogens with zero attached hydrogens (tertiary/aromatic N) is 2. The maximum atomic E-state index is 12.6. The van der Waals surface area contributed by atoms with Crippen molar-refractivity contribution in [1.29, 1.82) is 0 Å². The number of hydrogen-bond acceptors (Lipinski definition) is 4. The molecule has 20 heavy (non-hydrogen) atoms. The van der Waals surface area contributed by atoms with E-state index in [0.29, 0.717) is 16.5 Å². The minimum absolute atomic E-state index is 0.113. The first-order chi connectivity index (χ1) is 9.81. The Kier molecular flexibility index (Phi) is 3.01. The molecule has 5 nitrogen and oxygen atoms in total. The van der Waals surface area contributed by atoms with E-state index in [2.05, 4.69) is 10.3 Å². The van der Waals surface area contributed by atoms with E-state index in [9.17, 15) is 4.79 Å². The van der Waals surface area contributed by atoms with E-state index in [1.54, 1.807) is 24.3 Å². The molecule has 0 saturated carbocycles. The minimum Gasteiger partial charge on any atom is -0.436 e. The molecule has 0 spiro atoms. The fraction of sp³-hybridized carbons (Fsp3) is 0. The monoisotopic (exact) mass is 265 g/mol. The third-order valence-corrected chi connectivity index (χ3v) is 2.99. The van der Waals surface area contributed by atoms with E-state index in [1.165, 1.54) is 0 Å². The van der Waals surface area contributed by atoms with Gasteiger partial charge in [0.15, 0.2) is 0 Å². The van der Waals surface area contributed by atoms with E-state index < -0.39 is 0 Å². The molecule has 0 bridgehead atoms. The first-order valence-corrected chi connectivity index (χ1v) is 6.03. The highest BCUT2D eigenvalue weighted by Gasteiger charge is 2.15. The molecule has 0 aliphatic carbocycles. The summed E-state index contributed by atoms with van der Waals surface area (Å²) in [6.07, 6.45) is 0. The van der Waals surface area contributed by atoms with Gasteiger partial charge in [-0.3, -0.25) is 4.79 Å². The van der Waals surface area contributed by atoms with Crippen molar-refractivity contribution >= 4 is 16.9 Å². The lowest BCUT2D eigenvalue weighted by Crippen LogP contribution is -2.05. The van der Waals surface area contributed by atoms with E-state index in [4.69, 9.17) is 10.3 Å².